The molecular weight excluding hydrogens is 526 g/mol. The van der Waals surface area contributed by atoms with E-state index in [2.05, 4.69) is 15.1 Å². The minimum absolute atomic E-state index is 0.105. The Morgan fingerprint density at radius 3 is 2.63 bits per heavy atom. The molecule has 0 aliphatic carbocycles. The van der Waals surface area contributed by atoms with Crippen molar-refractivity contribution < 1.29 is 17.9 Å². The predicted octanol–water partition coefficient (Wildman–Crippen LogP) is 1.76. The minimum Gasteiger partial charge on any atom is -0.378 e. The van der Waals surface area contributed by atoms with Gasteiger partial charge in [-0.05, 0) is 12.1 Å². The van der Waals surface area contributed by atoms with Gasteiger partial charge >= 0.3 is 0 Å². The summed E-state index contributed by atoms with van der Waals surface area (Å²) in [7, 11) is -3.19. The summed E-state index contributed by atoms with van der Waals surface area (Å²) in [5.74, 6) is 1.60. The smallest absolute Gasteiger partial charge is 0.211 e. The van der Waals surface area contributed by atoms with Crippen LogP contribution >= 0.6 is 11.3 Å². The molecule has 11 nitrogen and oxygen atoms in total. The number of ketones is 1. The number of fused-ring (bicyclic) bond motifs is 2. The molecule has 38 heavy (non-hydrogen) atoms. The van der Waals surface area contributed by atoms with E-state index in [0.717, 1.165) is 50.5 Å². The molecule has 1 N–H and O–H groups in total. The van der Waals surface area contributed by atoms with Crippen LogP contribution in [-0.2, 0) is 26.0 Å². The van der Waals surface area contributed by atoms with Crippen LogP contribution in [0.15, 0.2) is 30.5 Å². The third kappa shape index (κ3) is 5.16. The minimum atomic E-state index is -3.19. The van der Waals surface area contributed by atoms with Gasteiger partial charge in [0.05, 0.1) is 43.1 Å². The van der Waals surface area contributed by atoms with E-state index in [1.165, 1.54) is 21.9 Å². The summed E-state index contributed by atoms with van der Waals surface area (Å²) in [6, 6.07) is 7.99. The fourth-order valence-corrected chi connectivity index (χ4v) is 6.94. The van der Waals surface area contributed by atoms with Gasteiger partial charge in [0.15, 0.2) is 11.6 Å². The summed E-state index contributed by atoms with van der Waals surface area (Å²) >= 11 is 1.53. The molecule has 3 aromatic heterocycles. The van der Waals surface area contributed by atoms with Gasteiger partial charge in [0.2, 0.25) is 10.0 Å². The quantitative estimate of drug-likeness (QED) is 0.363. The van der Waals surface area contributed by atoms with Crippen LogP contribution in [0.4, 0.5) is 5.82 Å². The number of benzene rings is 1. The number of carbonyl (C=O) groups excluding carboxylic acids is 1. The standard InChI is InChI=1S/C25H29N7O4S2/c1-38(34,35)32-7-5-30(6-8-32)16-17(33)13-18-14-20-24(31-9-11-36-12-10-31)27-23(28-25(20)37-18)19-3-2-4-22-21(19)15-26-29-22/h2-4,14-15H,5-13,16H2,1H3,(H,26,29). The van der Waals surface area contributed by atoms with Gasteiger partial charge in [-0.15, -0.1) is 11.3 Å². The highest BCUT2D eigenvalue weighted by molar-refractivity contribution is 7.88. The van der Waals surface area contributed by atoms with Gasteiger partial charge in [0.1, 0.15) is 10.6 Å². The SMILES string of the molecule is CS(=O)(=O)N1CCN(CC(=O)Cc2cc3c(N4CCOCC4)nc(-c4cccc5[nH]ncc45)nc3s2)CC1. The molecule has 2 aliphatic rings. The van der Waals surface area contributed by atoms with Crippen molar-refractivity contribution in [1.29, 1.82) is 0 Å². The van der Waals surface area contributed by atoms with E-state index >= 15 is 0 Å². The van der Waals surface area contributed by atoms with Crippen molar-refractivity contribution in [1.82, 2.24) is 29.4 Å². The first-order valence-electron chi connectivity index (χ1n) is 12.6. The molecule has 0 amide bonds. The van der Waals surface area contributed by atoms with Crippen molar-refractivity contribution >= 4 is 54.1 Å². The number of aromatic nitrogens is 4. The Morgan fingerprint density at radius 1 is 1.08 bits per heavy atom. The predicted molar refractivity (Wildman–Crippen MR) is 147 cm³/mol. The Kier molecular flexibility index (Phi) is 6.86. The molecular formula is C25H29N7O4S2. The number of anilines is 1. The highest BCUT2D eigenvalue weighted by atomic mass is 32.2. The third-order valence-electron chi connectivity index (χ3n) is 7.03. The van der Waals surface area contributed by atoms with E-state index in [4.69, 9.17) is 14.7 Å². The van der Waals surface area contributed by atoms with E-state index < -0.39 is 10.0 Å². The van der Waals surface area contributed by atoms with Crippen LogP contribution in [0.1, 0.15) is 4.88 Å². The molecule has 0 unspecified atom stereocenters. The van der Waals surface area contributed by atoms with E-state index in [1.807, 2.05) is 29.2 Å². The number of aromatic amines is 1. The van der Waals surface area contributed by atoms with Crippen molar-refractivity contribution in [3.05, 3.63) is 35.3 Å². The first kappa shape index (κ1) is 25.3. The molecule has 13 heteroatoms. The van der Waals surface area contributed by atoms with Gasteiger partial charge in [-0.25, -0.2) is 18.4 Å². The number of hydrogen-bond acceptors (Lipinski definition) is 10. The number of hydrogen-bond donors (Lipinski definition) is 1. The summed E-state index contributed by atoms with van der Waals surface area (Å²) in [6.45, 7) is 5.01. The molecule has 0 bridgehead atoms. The lowest BCUT2D eigenvalue weighted by Crippen LogP contribution is -2.49. The molecule has 4 aromatic rings. The number of thiophene rings is 1. The zero-order chi connectivity index (χ0) is 26.3. The number of nitrogens with zero attached hydrogens (tertiary/aromatic N) is 6. The average molecular weight is 556 g/mol. The number of Topliss-reactive ketones (excluding diaryl/α,β-unsaturated/α-hetero) is 1. The summed E-state index contributed by atoms with van der Waals surface area (Å²) in [4.78, 5) is 29.0. The zero-order valence-electron chi connectivity index (χ0n) is 21.1. The molecule has 2 saturated heterocycles. The fraction of sp³-hybridized carbons (Fsp3) is 0.440. The Labute approximate surface area is 224 Å². The van der Waals surface area contributed by atoms with E-state index in [-0.39, 0.29) is 5.78 Å². The number of sulfonamides is 1. The van der Waals surface area contributed by atoms with Gasteiger partial charge < -0.3 is 9.64 Å². The van der Waals surface area contributed by atoms with Crippen LogP contribution in [0.3, 0.4) is 0 Å². The maximum Gasteiger partial charge on any atom is 0.211 e. The zero-order valence-corrected chi connectivity index (χ0v) is 22.7. The average Bonchev–Trinajstić information content (AvgIpc) is 3.55. The maximum atomic E-state index is 13.0. The Balaban J connectivity index is 1.27. The third-order valence-corrected chi connectivity index (χ3v) is 9.36. The molecule has 2 fully saturated rings. The number of rotatable bonds is 7. The molecule has 0 spiro atoms. The highest BCUT2D eigenvalue weighted by Gasteiger charge is 2.25. The molecule has 0 atom stereocenters. The fourth-order valence-electron chi connectivity index (χ4n) is 5.06. The summed E-state index contributed by atoms with van der Waals surface area (Å²) in [5, 5.41) is 9.10. The molecule has 6 rings (SSSR count). The summed E-state index contributed by atoms with van der Waals surface area (Å²) in [5.41, 5.74) is 1.83. The number of morpholine rings is 1. The Hall–Kier alpha value is -2.97. The lowest BCUT2D eigenvalue weighted by molar-refractivity contribution is -0.119. The number of H-pyrrole nitrogens is 1. The monoisotopic (exact) mass is 555 g/mol. The molecule has 0 saturated carbocycles. The van der Waals surface area contributed by atoms with Gasteiger partial charge in [0.25, 0.3) is 0 Å². The van der Waals surface area contributed by atoms with Crippen LogP contribution < -0.4 is 4.90 Å². The topological polar surface area (TPSA) is 125 Å². The highest BCUT2D eigenvalue weighted by Crippen LogP contribution is 2.35. The summed E-state index contributed by atoms with van der Waals surface area (Å²) < 4.78 is 30.6. The second-order valence-electron chi connectivity index (χ2n) is 9.69. The van der Waals surface area contributed by atoms with Gasteiger partial charge in [-0.3, -0.25) is 14.8 Å². The van der Waals surface area contributed by atoms with Crippen molar-refractivity contribution in [2.45, 2.75) is 6.42 Å². The first-order chi connectivity index (χ1) is 18.3. The van der Waals surface area contributed by atoms with Crippen LogP contribution in [-0.4, -0.2) is 109 Å². The van der Waals surface area contributed by atoms with E-state index in [0.29, 0.717) is 58.2 Å². The molecule has 2 aliphatic heterocycles. The van der Waals surface area contributed by atoms with Gasteiger partial charge in [-0.1, -0.05) is 12.1 Å². The van der Waals surface area contributed by atoms with Crippen LogP contribution in [0, 0.1) is 0 Å². The van der Waals surface area contributed by atoms with Crippen molar-refractivity contribution in [2.24, 2.45) is 0 Å². The summed E-state index contributed by atoms with van der Waals surface area (Å²) in [6.07, 6.45) is 3.33. The van der Waals surface area contributed by atoms with Crippen molar-refractivity contribution in [3.63, 3.8) is 0 Å². The van der Waals surface area contributed by atoms with Crippen molar-refractivity contribution in [3.8, 4) is 11.4 Å². The second kappa shape index (κ2) is 10.3. The van der Waals surface area contributed by atoms with Crippen LogP contribution in [0.2, 0.25) is 0 Å². The van der Waals surface area contributed by atoms with E-state index in [1.54, 1.807) is 6.20 Å². The lowest BCUT2D eigenvalue weighted by Gasteiger charge is -2.32. The maximum absolute atomic E-state index is 13.0. The number of nitrogens with one attached hydrogen (secondary N) is 1. The number of carbonyl (C=O) groups is 1. The van der Waals surface area contributed by atoms with E-state index in [9.17, 15) is 13.2 Å². The molecule has 5 heterocycles. The number of ether oxygens (including phenoxy) is 1. The Bertz CT molecular complexity index is 1590. The Morgan fingerprint density at radius 2 is 1.87 bits per heavy atom. The van der Waals surface area contributed by atoms with Gasteiger partial charge in [-0.2, -0.15) is 9.40 Å². The van der Waals surface area contributed by atoms with Crippen molar-refractivity contribution in [2.75, 3.05) is 70.2 Å². The molecule has 1 aromatic carbocycles. The van der Waals surface area contributed by atoms with Crippen LogP contribution in [0.5, 0.6) is 0 Å². The number of piperazine rings is 1. The largest absolute Gasteiger partial charge is 0.378 e. The molecule has 200 valence electrons. The first-order valence-corrected chi connectivity index (χ1v) is 15.3. The normalized spacial score (nSPS) is 18.0. The van der Waals surface area contributed by atoms with Gasteiger partial charge in [0, 0.05) is 61.5 Å². The molecule has 0 radical (unpaired) electrons. The lowest BCUT2D eigenvalue weighted by atomic mass is 10.1. The second-order valence-corrected chi connectivity index (χ2v) is 12.8. The van der Waals surface area contributed by atoms with Crippen LogP contribution in [0.25, 0.3) is 32.5 Å².